The molecule has 0 aliphatic heterocycles. The van der Waals surface area contributed by atoms with Gasteiger partial charge in [0, 0.05) is 24.5 Å². The largest absolute Gasteiger partial charge is 0.418 e. The Labute approximate surface area is 115 Å². The lowest BCUT2D eigenvalue weighted by molar-refractivity contribution is -0.136. The van der Waals surface area contributed by atoms with Gasteiger partial charge in [-0.2, -0.15) is 13.2 Å². The molecule has 0 aliphatic rings. The van der Waals surface area contributed by atoms with Crippen LogP contribution in [-0.4, -0.2) is 27.3 Å². The molecule has 5 nitrogen and oxygen atoms in total. The van der Waals surface area contributed by atoms with Crippen molar-refractivity contribution in [3.8, 4) is 0 Å². The van der Waals surface area contributed by atoms with Crippen LogP contribution in [0.25, 0.3) is 0 Å². The summed E-state index contributed by atoms with van der Waals surface area (Å²) >= 11 is 0. The minimum atomic E-state index is -4.54. The SMILES string of the molecule is CCNS(=O)(=O)CCNc1ccc(N)c(C(F)(F)F)c1. The lowest BCUT2D eigenvalue weighted by atomic mass is 10.1. The Morgan fingerprint density at radius 1 is 1.30 bits per heavy atom. The zero-order chi connectivity index (χ0) is 15.4. The molecule has 1 aromatic rings. The fourth-order valence-corrected chi connectivity index (χ4v) is 2.49. The Bertz CT molecular complexity index is 559. The zero-order valence-electron chi connectivity index (χ0n) is 10.8. The number of benzene rings is 1. The van der Waals surface area contributed by atoms with E-state index in [-0.39, 0.29) is 30.2 Å². The molecule has 0 saturated heterocycles. The highest BCUT2D eigenvalue weighted by atomic mass is 32.2. The second-order valence-electron chi connectivity index (χ2n) is 4.04. The van der Waals surface area contributed by atoms with Gasteiger partial charge in [-0.15, -0.1) is 0 Å². The number of hydrogen-bond donors (Lipinski definition) is 3. The third-order valence-electron chi connectivity index (χ3n) is 2.42. The van der Waals surface area contributed by atoms with Crippen LogP contribution in [-0.2, 0) is 16.2 Å². The Hall–Kier alpha value is -1.48. The summed E-state index contributed by atoms with van der Waals surface area (Å²) in [6.07, 6.45) is -4.54. The highest BCUT2D eigenvalue weighted by Gasteiger charge is 2.33. The molecule has 0 unspecified atom stereocenters. The number of sulfonamides is 1. The van der Waals surface area contributed by atoms with Crippen molar-refractivity contribution in [1.82, 2.24) is 4.72 Å². The Morgan fingerprint density at radius 3 is 2.50 bits per heavy atom. The van der Waals surface area contributed by atoms with Crippen LogP contribution in [0.1, 0.15) is 12.5 Å². The van der Waals surface area contributed by atoms with Gasteiger partial charge < -0.3 is 11.1 Å². The van der Waals surface area contributed by atoms with E-state index in [1.165, 1.54) is 6.07 Å². The van der Waals surface area contributed by atoms with E-state index in [2.05, 4.69) is 10.0 Å². The van der Waals surface area contributed by atoms with Crippen molar-refractivity contribution >= 4 is 21.4 Å². The number of nitrogens with one attached hydrogen (secondary N) is 2. The van der Waals surface area contributed by atoms with Gasteiger partial charge in [0.05, 0.1) is 11.3 Å². The van der Waals surface area contributed by atoms with E-state index in [0.29, 0.717) is 0 Å². The maximum atomic E-state index is 12.6. The number of rotatable bonds is 6. The van der Waals surface area contributed by atoms with E-state index in [9.17, 15) is 21.6 Å². The van der Waals surface area contributed by atoms with E-state index in [4.69, 9.17) is 5.73 Å². The van der Waals surface area contributed by atoms with Crippen LogP contribution in [0.5, 0.6) is 0 Å². The molecule has 9 heteroatoms. The highest BCUT2D eigenvalue weighted by Crippen LogP contribution is 2.34. The molecule has 4 N–H and O–H groups in total. The molecule has 0 radical (unpaired) electrons. The normalized spacial score (nSPS) is 12.4. The molecule has 0 amide bonds. The average molecular weight is 311 g/mol. The van der Waals surface area contributed by atoms with Crippen LogP contribution in [0, 0.1) is 0 Å². The lowest BCUT2D eigenvalue weighted by Crippen LogP contribution is -2.29. The van der Waals surface area contributed by atoms with E-state index >= 15 is 0 Å². The summed E-state index contributed by atoms with van der Waals surface area (Å²) in [5.74, 6) is -0.230. The number of anilines is 2. The number of alkyl halides is 3. The van der Waals surface area contributed by atoms with Gasteiger partial charge in [0.15, 0.2) is 0 Å². The summed E-state index contributed by atoms with van der Waals surface area (Å²) in [7, 11) is -3.41. The van der Waals surface area contributed by atoms with Crippen molar-refractivity contribution in [2.75, 3.05) is 29.9 Å². The molecule has 1 rings (SSSR count). The van der Waals surface area contributed by atoms with Gasteiger partial charge in [-0.3, -0.25) is 0 Å². The third kappa shape index (κ3) is 4.89. The summed E-state index contributed by atoms with van der Waals surface area (Å²) in [6, 6.07) is 3.35. The van der Waals surface area contributed by atoms with Gasteiger partial charge in [-0.25, -0.2) is 13.1 Å². The van der Waals surface area contributed by atoms with Crippen molar-refractivity contribution in [2.24, 2.45) is 0 Å². The summed E-state index contributed by atoms with van der Waals surface area (Å²) in [5, 5.41) is 2.62. The molecule has 20 heavy (non-hydrogen) atoms. The maximum absolute atomic E-state index is 12.6. The van der Waals surface area contributed by atoms with Crippen LogP contribution in [0.2, 0.25) is 0 Å². The van der Waals surface area contributed by atoms with Gasteiger partial charge in [0.1, 0.15) is 0 Å². The second kappa shape index (κ2) is 6.31. The van der Waals surface area contributed by atoms with E-state index in [0.717, 1.165) is 12.1 Å². The first kappa shape index (κ1) is 16.6. The van der Waals surface area contributed by atoms with Gasteiger partial charge in [0.2, 0.25) is 10.0 Å². The zero-order valence-corrected chi connectivity index (χ0v) is 11.6. The first-order valence-corrected chi connectivity index (χ1v) is 7.49. The van der Waals surface area contributed by atoms with Crippen LogP contribution in [0.15, 0.2) is 18.2 Å². The second-order valence-corrected chi connectivity index (χ2v) is 5.97. The van der Waals surface area contributed by atoms with Gasteiger partial charge in [-0.05, 0) is 18.2 Å². The molecule has 114 valence electrons. The van der Waals surface area contributed by atoms with Gasteiger partial charge in [0.25, 0.3) is 0 Å². The first-order valence-electron chi connectivity index (χ1n) is 5.83. The average Bonchev–Trinajstić information content (AvgIpc) is 2.29. The minimum Gasteiger partial charge on any atom is -0.398 e. The molecule has 0 heterocycles. The van der Waals surface area contributed by atoms with Crippen molar-refractivity contribution in [3.05, 3.63) is 23.8 Å². The molecule has 0 bridgehead atoms. The van der Waals surface area contributed by atoms with Crippen molar-refractivity contribution in [2.45, 2.75) is 13.1 Å². The number of hydrogen-bond acceptors (Lipinski definition) is 4. The molecule has 0 spiro atoms. The van der Waals surface area contributed by atoms with Crippen molar-refractivity contribution in [1.29, 1.82) is 0 Å². The smallest absolute Gasteiger partial charge is 0.398 e. The van der Waals surface area contributed by atoms with E-state index in [1.807, 2.05) is 0 Å². The van der Waals surface area contributed by atoms with Crippen LogP contribution in [0.3, 0.4) is 0 Å². The molecule has 0 saturated carbocycles. The summed E-state index contributed by atoms with van der Waals surface area (Å²) < 4.78 is 62.9. The first-order chi connectivity index (χ1) is 9.15. The lowest BCUT2D eigenvalue weighted by Gasteiger charge is -2.13. The topological polar surface area (TPSA) is 84.2 Å². The third-order valence-corrected chi connectivity index (χ3v) is 3.89. The monoisotopic (exact) mass is 311 g/mol. The summed E-state index contributed by atoms with van der Waals surface area (Å²) in [6.45, 7) is 1.90. The van der Waals surface area contributed by atoms with Crippen molar-refractivity contribution in [3.63, 3.8) is 0 Å². The quantitative estimate of drug-likeness (QED) is 0.697. The molecule has 0 aliphatic carbocycles. The fraction of sp³-hybridized carbons (Fsp3) is 0.455. The maximum Gasteiger partial charge on any atom is 0.418 e. The standard InChI is InChI=1S/C11H16F3N3O2S/c1-2-17-20(18,19)6-5-16-8-3-4-10(15)9(7-8)11(12,13)14/h3-4,7,16-17H,2,5-6,15H2,1H3. The predicted octanol–water partition coefficient (Wildman–Crippen LogP) is 1.64. The number of halogens is 3. The Balaban J connectivity index is 2.71. The van der Waals surface area contributed by atoms with Gasteiger partial charge in [-0.1, -0.05) is 6.92 Å². The van der Waals surface area contributed by atoms with Crippen LogP contribution >= 0.6 is 0 Å². The van der Waals surface area contributed by atoms with E-state index < -0.39 is 21.8 Å². The fourth-order valence-electron chi connectivity index (χ4n) is 1.53. The summed E-state index contributed by atoms with van der Waals surface area (Å²) in [5.41, 5.74) is 4.11. The number of nitrogens with two attached hydrogens (primary N) is 1. The Kier molecular flexibility index (Phi) is 5.23. The van der Waals surface area contributed by atoms with Crippen LogP contribution < -0.4 is 15.8 Å². The minimum absolute atomic E-state index is 0.00342. The molecule has 0 fully saturated rings. The molecule has 0 atom stereocenters. The molecular weight excluding hydrogens is 295 g/mol. The molecule has 1 aromatic carbocycles. The molecule has 0 aromatic heterocycles. The number of nitrogen functional groups attached to an aromatic ring is 1. The van der Waals surface area contributed by atoms with Crippen molar-refractivity contribution < 1.29 is 21.6 Å². The predicted molar refractivity (Wildman–Crippen MR) is 71.8 cm³/mol. The molecular formula is C11H16F3N3O2S. The van der Waals surface area contributed by atoms with Gasteiger partial charge >= 0.3 is 6.18 Å². The van der Waals surface area contributed by atoms with Crippen LogP contribution in [0.4, 0.5) is 24.5 Å². The Morgan fingerprint density at radius 2 is 1.95 bits per heavy atom. The van der Waals surface area contributed by atoms with E-state index in [1.54, 1.807) is 6.92 Å². The summed E-state index contributed by atoms with van der Waals surface area (Å²) in [4.78, 5) is 0. The highest BCUT2D eigenvalue weighted by molar-refractivity contribution is 7.89.